The molecule has 1 atom stereocenters. The van der Waals surface area contributed by atoms with Gasteiger partial charge in [0.25, 0.3) is 0 Å². The Kier molecular flexibility index (Phi) is 5.17. The second kappa shape index (κ2) is 6.88. The van der Waals surface area contributed by atoms with Crippen LogP contribution in [0.25, 0.3) is 0 Å². The first-order chi connectivity index (χ1) is 9.60. The second-order valence-electron chi connectivity index (χ2n) is 5.80. The lowest BCUT2D eigenvalue weighted by atomic mass is 9.91. The third-order valence-electron chi connectivity index (χ3n) is 4.11. The fourth-order valence-corrected chi connectivity index (χ4v) is 2.73. The Hall–Kier alpha value is -1.36. The summed E-state index contributed by atoms with van der Waals surface area (Å²) in [6, 6.07) is 0.108. The van der Waals surface area contributed by atoms with Crippen LogP contribution in [0, 0.1) is 0 Å². The van der Waals surface area contributed by atoms with Gasteiger partial charge in [0.15, 0.2) is 0 Å². The largest absolute Gasteiger partial charge is 0.343 e. The van der Waals surface area contributed by atoms with Gasteiger partial charge >= 0.3 is 0 Å². The van der Waals surface area contributed by atoms with Crippen LogP contribution in [0.15, 0.2) is 12.4 Å². The Morgan fingerprint density at radius 2 is 2.20 bits per heavy atom. The lowest BCUT2D eigenvalue weighted by molar-refractivity contribution is -0.132. The molecule has 0 aliphatic carbocycles. The number of aromatic nitrogens is 2. The number of amides is 1. The molecule has 1 aromatic heterocycles. The van der Waals surface area contributed by atoms with Crippen LogP contribution >= 0.6 is 0 Å². The molecule has 1 aliphatic rings. The highest BCUT2D eigenvalue weighted by Crippen LogP contribution is 2.27. The van der Waals surface area contributed by atoms with E-state index in [2.05, 4.69) is 18.2 Å². The summed E-state index contributed by atoms with van der Waals surface area (Å²) in [6.45, 7) is 6.68. The Morgan fingerprint density at radius 1 is 1.50 bits per heavy atom. The summed E-state index contributed by atoms with van der Waals surface area (Å²) in [5, 5.41) is 4.34. The highest BCUT2D eigenvalue weighted by atomic mass is 16.2. The van der Waals surface area contributed by atoms with Crippen LogP contribution in [0.2, 0.25) is 0 Å². The zero-order chi connectivity index (χ0) is 14.5. The topological polar surface area (TPSA) is 64.2 Å². The molecule has 2 heterocycles. The molecule has 1 fully saturated rings. The number of hydrogen-bond donors (Lipinski definition) is 1. The minimum absolute atomic E-state index is 0.108. The van der Waals surface area contributed by atoms with Crippen molar-refractivity contribution in [3.05, 3.63) is 18.0 Å². The first kappa shape index (κ1) is 15.0. The van der Waals surface area contributed by atoms with Gasteiger partial charge in [-0.15, -0.1) is 0 Å². The van der Waals surface area contributed by atoms with Crippen molar-refractivity contribution in [3.8, 4) is 0 Å². The molecule has 2 N–H and O–H groups in total. The van der Waals surface area contributed by atoms with Gasteiger partial charge in [-0.1, -0.05) is 0 Å². The highest BCUT2D eigenvalue weighted by Gasteiger charge is 2.24. The van der Waals surface area contributed by atoms with Gasteiger partial charge in [0, 0.05) is 38.3 Å². The maximum absolute atomic E-state index is 12.1. The lowest BCUT2D eigenvalue weighted by Gasteiger charge is -2.31. The Morgan fingerprint density at radius 3 is 2.75 bits per heavy atom. The molecular weight excluding hydrogens is 252 g/mol. The van der Waals surface area contributed by atoms with Crippen LogP contribution in [-0.2, 0) is 11.3 Å². The monoisotopic (exact) mass is 278 g/mol. The molecule has 1 unspecified atom stereocenters. The second-order valence-corrected chi connectivity index (χ2v) is 5.80. The van der Waals surface area contributed by atoms with Crippen molar-refractivity contribution in [2.24, 2.45) is 5.73 Å². The van der Waals surface area contributed by atoms with E-state index in [4.69, 9.17) is 5.73 Å². The molecule has 0 spiro atoms. The predicted octanol–water partition coefficient (Wildman–Crippen LogP) is 1.74. The average molecular weight is 278 g/mol. The van der Waals surface area contributed by atoms with Crippen molar-refractivity contribution in [2.75, 3.05) is 13.1 Å². The smallest absolute Gasteiger partial charge is 0.222 e. The summed E-state index contributed by atoms with van der Waals surface area (Å²) in [7, 11) is 0. The quantitative estimate of drug-likeness (QED) is 0.892. The summed E-state index contributed by atoms with van der Waals surface area (Å²) in [5.41, 5.74) is 7.02. The molecule has 0 aromatic carbocycles. The van der Waals surface area contributed by atoms with Crippen LogP contribution < -0.4 is 5.73 Å². The number of nitrogens with two attached hydrogens (primary N) is 1. The lowest BCUT2D eigenvalue weighted by Crippen LogP contribution is -2.38. The predicted molar refractivity (Wildman–Crippen MR) is 79.3 cm³/mol. The number of rotatable bonds is 5. The van der Waals surface area contributed by atoms with Gasteiger partial charge in [0.05, 0.1) is 6.20 Å². The van der Waals surface area contributed by atoms with E-state index in [0.29, 0.717) is 12.3 Å². The molecule has 1 saturated heterocycles. The third-order valence-corrected chi connectivity index (χ3v) is 4.11. The van der Waals surface area contributed by atoms with Crippen molar-refractivity contribution in [1.29, 1.82) is 0 Å². The fraction of sp³-hybridized carbons (Fsp3) is 0.733. The first-order valence-corrected chi connectivity index (χ1v) is 7.65. The number of carbonyl (C=O) groups is 1. The maximum atomic E-state index is 12.1. The van der Waals surface area contributed by atoms with Crippen LogP contribution in [0.1, 0.15) is 51.0 Å². The molecule has 0 saturated carbocycles. The van der Waals surface area contributed by atoms with Crippen LogP contribution in [0.3, 0.4) is 0 Å². The molecule has 20 heavy (non-hydrogen) atoms. The van der Waals surface area contributed by atoms with E-state index in [1.54, 1.807) is 0 Å². The number of nitrogens with zero attached hydrogens (tertiary/aromatic N) is 3. The van der Waals surface area contributed by atoms with Crippen molar-refractivity contribution in [1.82, 2.24) is 14.7 Å². The number of hydrogen-bond acceptors (Lipinski definition) is 3. The van der Waals surface area contributed by atoms with E-state index in [1.807, 2.05) is 22.7 Å². The van der Waals surface area contributed by atoms with E-state index in [0.717, 1.165) is 38.9 Å². The van der Waals surface area contributed by atoms with Gasteiger partial charge < -0.3 is 10.6 Å². The first-order valence-electron chi connectivity index (χ1n) is 7.65. The average Bonchev–Trinajstić information content (AvgIpc) is 2.94. The standard InChI is InChI=1S/C15H26N4O/c1-3-19-11-14(10-17-19)13-6-8-18(9-7-13)15(20)5-4-12(2)16/h10-13H,3-9,16H2,1-2H3. The Bertz CT molecular complexity index is 433. The minimum Gasteiger partial charge on any atom is -0.343 e. The van der Waals surface area contributed by atoms with Crippen molar-refractivity contribution >= 4 is 5.91 Å². The molecule has 5 nitrogen and oxygen atoms in total. The molecule has 1 aromatic rings. The molecule has 5 heteroatoms. The summed E-state index contributed by atoms with van der Waals surface area (Å²) in [6.07, 6.45) is 7.55. The van der Waals surface area contributed by atoms with E-state index >= 15 is 0 Å². The van der Waals surface area contributed by atoms with E-state index in [-0.39, 0.29) is 11.9 Å². The maximum Gasteiger partial charge on any atom is 0.222 e. The number of carbonyl (C=O) groups excluding carboxylic acids is 1. The Balaban J connectivity index is 1.81. The van der Waals surface area contributed by atoms with E-state index in [1.165, 1.54) is 5.56 Å². The number of aryl methyl sites for hydroxylation is 1. The molecule has 1 aliphatic heterocycles. The Labute approximate surface area is 121 Å². The normalized spacial score (nSPS) is 18.2. The van der Waals surface area contributed by atoms with Gasteiger partial charge in [0.2, 0.25) is 5.91 Å². The molecular formula is C15H26N4O. The van der Waals surface area contributed by atoms with Crippen LogP contribution in [-0.4, -0.2) is 39.7 Å². The SMILES string of the molecule is CCn1cc(C2CCN(C(=O)CCC(C)N)CC2)cn1. The zero-order valence-corrected chi connectivity index (χ0v) is 12.6. The third kappa shape index (κ3) is 3.82. The van der Waals surface area contributed by atoms with Gasteiger partial charge in [-0.3, -0.25) is 9.48 Å². The minimum atomic E-state index is 0.108. The molecule has 2 rings (SSSR count). The van der Waals surface area contributed by atoms with Gasteiger partial charge in [-0.2, -0.15) is 5.10 Å². The summed E-state index contributed by atoms with van der Waals surface area (Å²) in [4.78, 5) is 14.0. The fourth-order valence-electron chi connectivity index (χ4n) is 2.73. The van der Waals surface area contributed by atoms with Crippen molar-refractivity contribution < 1.29 is 4.79 Å². The summed E-state index contributed by atoms with van der Waals surface area (Å²) >= 11 is 0. The van der Waals surface area contributed by atoms with E-state index < -0.39 is 0 Å². The summed E-state index contributed by atoms with van der Waals surface area (Å²) in [5.74, 6) is 0.804. The van der Waals surface area contributed by atoms with Gasteiger partial charge in [-0.05, 0) is 44.6 Å². The summed E-state index contributed by atoms with van der Waals surface area (Å²) < 4.78 is 1.97. The van der Waals surface area contributed by atoms with E-state index in [9.17, 15) is 4.79 Å². The highest BCUT2D eigenvalue weighted by molar-refractivity contribution is 5.76. The molecule has 112 valence electrons. The molecule has 0 bridgehead atoms. The van der Waals surface area contributed by atoms with Crippen molar-refractivity contribution in [2.45, 2.75) is 58.0 Å². The van der Waals surface area contributed by atoms with Gasteiger partial charge in [-0.25, -0.2) is 0 Å². The zero-order valence-electron chi connectivity index (χ0n) is 12.6. The molecule has 0 radical (unpaired) electrons. The van der Waals surface area contributed by atoms with Crippen molar-refractivity contribution in [3.63, 3.8) is 0 Å². The number of piperidine rings is 1. The molecule has 1 amide bonds. The van der Waals surface area contributed by atoms with Crippen LogP contribution in [0.4, 0.5) is 0 Å². The van der Waals surface area contributed by atoms with Gasteiger partial charge in [0.1, 0.15) is 0 Å². The van der Waals surface area contributed by atoms with Crippen LogP contribution in [0.5, 0.6) is 0 Å². The number of likely N-dealkylation sites (tertiary alicyclic amines) is 1.